The molecule has 1 aliphatic carbocycles. The number of carbonyl (C=O) groups excluding carboxylic acids is 2. The third-order valence-corrected chi connectivity index (χ3v) is 4.03. The number of nitrogens with zero attached hydrogens (tertiary/aromatic N) is 1. The highest BCUT2D eigenvalue weighted by Crippen LogP contribution is 2.23. The van der Waals surface area contributed by atoms with Gasteiger partial charge in [0.2, 0.25) is 0 Å². The number of ketones is 1. The molecule has 0 aromatic carbocycles. The second-order valence-electron chi connectivity index (χ2n) is 5.92. The van der Waals surface area contributed by atoms with E-state index in [1.54, 1.807) is 0 Å². The van der Waals surface area contributed by atoms with Gasteiger partial charge in [0.05, 0.1) is 19.1 Å². The Bertz CT molecular complexity index is 466. The number of hydrogen-bond donors (Lipinski definition) is 1. The van der Waals surface area contributed by atoms with Gasteiger partial charge in [-0.2, -0.15) is 0 Å². The van der Waals surface area contributed by atoms with Gasteiger partial charge in [-0.3, -0.25) is 14.6 Å². The first-order valence-corrected chi connectivity index (χ1v) is 8.66. The first-order valence-electron chi connectivity index (χ1n) is 8.66. The highest BCUT2D eigenvalue weighted by Gasteiger charge is 2.25. The van der Waals surface area contributed by atoms with Crippen LogP contribution in [0, 0.1) is 0 Å². The van der Waals surface area contributed by atoms with Crippen molar-refractivity contribution >= 4 is 17.5 Å². The second kappa shape index (κ2) is 11.0. The zero-order valence-corrected chi connectivity index (χ0v) is 14.4. The molecule has 0 spiro atoms. The maximum atomic E-state index is 12.1. The van der Waals surface area contributed by atoms with Gasteiger partial charge < -0.3 is 9.84 Å². The summed E-state index contributed by atoms with van der Waals surface area (Å²) in [7, 11) is 1.34. The smallest absolute Gasteiger partial charge is 0.305 e. The lowest BCUT2D eigenvalue weighted by atomic mass is 9.91. The number of hydrogen-bond acceptors (Lipinski definition) is 5. The number of Topliss-reactive ketones (excluding diaryl/α,β-unsaturated/α-hetero) is 1. The zero-order valence-electron chi connectivity index (χ0n) is 14.4. The van der Waals surface area contributed by atoms with Crippen LogP contribution in [0.2, 0.25) is 0 Å². The first-order chi connectivity index (χ1) is 11.1. The Morgan fingerprint density at radius 3 is 2.57 bits per heavy atom. The number of aliphatic hydroxyl groups excluding tert-OH is 1. The van der Waals surface area contributed by atoms with Crippen LogP contribution < -0.4 is 0 Å². The predicted molar refractivity (Wildman–Crippen MR) is 90.8 cm³/mol. The SMILES string of the molecule is CCCCCCCN=C(CCC(=O)OC)C1=C(O)CCCC1=O. The van der Waals surface area contributed by atoms with Crippen molar-refractivity contribution in [2.75, 3.05) is 13.7 Å². The molecular weight excluding hydrogens is 294 g/mol. The fourth-order valence-corrected chi connectivity index (χ4v) is 2.69. The van der Waals surface area contributed by atoms with Crippen molar-refractivity contribution in [3.05, 3.63) is 11.3 Å². The molecule has 0 saturated carbocycles. The van der Waals surface area contributed by atoms with Gasteiger partial charge in [0.25, 0.3) is 0 Å². The quantitative estimate of drug-likeness (QED) is 0.375. The van der Waals surface area contributed by atoms with E-state index in [0.717, 1.165) is 12.8 Å². The van der Waals surface area contributed by atoms with E-state index in [1.807, 2.05) is 0 Å². The number of esters is 1. The van der Waals surface area contributed by atoms with Crippen LogP contribution in [0.5, 0.6) is 0 Å². The molecule has 23 heavy (non-hydrogen) atoms. The summed E-state index contributed by atoms with van der Waals surface area (Å²) < 4.78 is 4.65. The number of aliphatic hydroxyl groups is 1. The summed E-state index contributed by atoms with van der Waals surface area (Å²) in [6.07, 6.45) is 7.83. The van der Waals surface area contributed by atoms with Crippen LogP contribution in [-0.4, -0.2) is 36.2 Å². The normalized spacial score (nSPS) is 15.9. The molecule has 1 N–H and O–H groups in total. The molecule has 0 saturated heterocycles. The van der Waals surface area contributed by atoms with Gasteiger partial charge in [0.15, 0.2) is 5.78 Å². The second-order valence-corrected chi connectivity index (χ2v) is 5.92. The minimum atomic E-state index is -0.330. The molecule has 0 bridgehead atoms. The molecule has 0 heterocycles. The Morgan fingerprint density at radius 2 is 1.91 bits per heavy atom. The maximum absolute atomic E-state index is 12.1. The summed E-state index contributed by atoms with van der Waals surface area (Å²) in [4.78, 5) is 28.0. The topological polar surface area (TPSA) is 76.0 Å². The van der Waals surface area contributed by atoms with Crippen LogP contribution in [0.1, 0.15) is 71.1 Å². The van der Waals surface area contributed by atoms with Crippen molar-refractivity contribution in [3.63, 3.8) is 0 Å². The highest BCUT2D eigenvalue weighted by molar-refractivity contribution is 6.23. The molecule has 5 nitrogen and oxygen atoms in total. The average molecular weight is 323 g/mol. The number of methoxy groups -OCH3 is 1. The number of carbonyl (C=O) groups is 2. The number of allylic oxidation sites excluding steroid dienone is 2. The summed E-state index contributed by atoms with van der Waals surface area (Å²) in [6.45, 7) is 2.80. The van der Waals surface area contributed by atoms with Gasteiger partial charge in [-0.05, 0) is 12.8 Å². The molecule has 0 aromatic rings. The Kier molecular flexibility index (Phi) is 9.25. The predicted octanol–water partition coefficient (Wildman–Crippen LogP) is 3.92. The monoisotopic (exact) mass is 323 g/mol. The van der Waals surface area contributed by atoms with E-state index in [0.29, 0.717) is 43.5 Å². The largest absolute Gasteiger partial charge is 0.511 e. The van der Waals surface area contributed by atoms with Crippen LogP contribution >= 0.6 is 0 Å². The fraction of sp³-hybridized carbons (Fsp3) is 0.722. The van der Waals surface area contributed by atoms with Gasteiger partial charge in [-0.1, -0.05) is 32.6 Å². The fourth-order valence-electron chi connectivity index (χ4n) is 2.69. The van der Waals surface area contributed by atoms with Gasteiger partial charge in [0, 0.05) is 31.5 Å². The zero-order chi connectivity index (χ0) is 17.1. The van der Waals surface area contributed by atoms with E-state index < -0.39 is 0 Å². The Hall–Kier alpha value is -1.65. The van der Waals surface area contributed by atoms with Crippen molar-refractivity contribution < 1.29 is 19.4 Å². The van der Waals surface area contributed by atoms with E-state index in [1.165, 1.54) is 26.4 Å². The molecule has 5 heteroatoms. The van der Waals surface area contributed by atoms with Crippen LogP contribution in [-0.2, 0) is 14.3 Å². The van der Waals surface area contributed by atoms with Gasteiger partial charge in [-0.25, -0.2) is 0 Å². The van der Waals surface area contributed by atoms with Crippen LogP contribution in [0.15, 0.2) is 16.3 Å². The number of ether oxygens (including phenoxy) is 1. The maximum Gasteiger partial charge on any atom is 0.305 e. The van der Waals surface area contributed by atoms with Crippen molar-refractivity contribution in [1.29, 1.82) is 0 Å². The van der Waals surface area contributed by atoms with Crippen LogP contribution in [0.25, 0.3) is 0 Å². The molecule has 0 aliphatic heterocycles. The highest BCUT2D eigenvalue weighted by atomic mass is 16.5. The third kappa shape index (κ3) is 6.97. The van der Waals surface area contributed by atoms with Gasteiger partial charge in [0.1, 0.15) is 5.76 Å². The molecule has 1 aliphatic rings. The van der Waals surface area contributed by atoms with Crippen molar-refractivity contribution in [1.82, 2.24) is 0 Å². The van der Waals surface area contributed by atoms with Crippen molar-refractivity contribution in [2.45, 2.75) is 71.1 Å². The van der Waals surface area contributed by atoms with Crippen LogP contribution in [0.3, 0.4) is 0 Å². The lowest BCUT2D eigenvalue weighted by molar-refractivity contribution is -0.140. The summed E-state index contributed by atoms with van der Waals surface area (Å²) >= 11 is 0. The minimum absolute atomic E-state index is 0.0663. The van der Waals surface area contributed by atoms with Crippen LogP contribution in [0.4, 0.5) is 0 Å². The Labute approximate surface area is 138 Å². The number of unbranched alkanes of at least 4 members (excludes halogenated alkanes) is 4. The molecule has 130 valence electrons. The van der Waals surface area contributed by atoms with Crippen molar-refractivity contribution in [2.24, 2.45) is 4.99 Å². The Morgan fingerprint density at radius 1 is 1.17 bits per heavy atom. The molecular formula is C18H29NO4. The Balaban J connectivity index is 2.72. The molecule has 1 rings (SSSR count). The third-order valence-electron chi connectivity index (χ3n) is 4.03. The lowest BCUT2D eigenvalue weighted by Crippen LogP contribution is -2.21. The summed E-state index contributed by atoms with van der Waals surface area (Å²) in [5.41, 5.74) is 0.904. The van der Waals surface area contributed by atoms with Crippen molar-refractivity contribution in [3.8, 4) is 0 Å². The molecule has 0 atom stereocenters. The molecule has 0 radical (unpaired) electrons. The molecule has 0 aromatic heterocycles. The van der Waals surface area contributed by atoms with E-state index in [4.69, 9.17) is 0 Å². The van der Waals surface area contributed by atoms with Gasteiger partial charge in [-0.15, -0.1) is 0 Å². The average Bonchev–Trinajstić information content (AvgIpc) is 2.54. The standard InChI is InChI=1S/C18H29NO4/c1-3-4-5-6-7-13-19-14(11-12-17(22)23-2)18-15(20)9-8-10-16(18)21/h20H,3-13H2,1-2H3. The molecule has 0 unspecified atom stereocenters. The lowest BCUT2D eigenvalue weighted by Gasteiger charge is -2.17. The summed E-state index contributed by atoms with van der Waals surface area (Å²) in [5, 5.41) is 10.1. The molecule has 0 amide bonds. The summed E-state index contributed by atoms with van der Waals surface area (Å²) in [6, 6.07) is 0. The minimum Gasteiger partial charge on any atom is -0.511 e. The first kappa shape index (κ1) is 19.4. The van der Waals surface area contributed by atoms with E-state index in [-0.39, 0.29) is 23.9 Å². The number of aliphatic imine (C=N–C) groups is 1. The summed E-state index contributed by atoms with van der Waals surface area (Å²) in [5.74, 6) is -0.275. The van der Waals surface area contributed by atoms with E-state index >= 15 is 0 Å². The van der Waals surface area contributed by atoms with Gasteiger partial charge >= 0.3 is 5.97 Å². The number of rotatable bonds is 10. The molecule has 0 fully saturated rings. The van der Waals surface area contributed by atoms with E-state index in [9.17, 15) is 14.7 Å². The van der Waals surface area contributed by atoms with E-state index in [2.05, 4.69) is 16.7 Å².